The average molecular weight is 392 g/mol. The number of likely N-dealkylation sites (tertiary alicyclic amines) is 1. The van der Waals surface area contributed by atoms with Crippen molar-refractivity contribution in [1.82, 2.24) is 4.90 Å². The molecule has 2 aromatic rings. The fourth-order valence-electron chi connectivity index (χ4n) is 3.09. The summed E-state index contributed by atoms with van der Waals surface area (Å²) < 4.78 is 4.84. The number of rotatable bonds is 7. The summed E-state index contributed by atoms with van der Waals surface area (Å²) in [5, 5.41) is 2.85. The second-order valence-corrected chi connectivity index (χ2v) is 6.78. The number of hydrogen-bond donors (Lipinski definition) is 1. The molecular formula is C23H24N2O4. The molecule has 2 amide bonds. The molecule has 0 unspecified atom stereocenters. The lowest BCUT2D eigenvalue weighted by Gasteiger charge is -2.15. The molecule has 2 aromatic carbocycles. The van der Waals surface area contributed by atoms with E-state index >= 15 is 0 Å². The third kappa shape index (κ3) is 5.78. The normalized spacial score (nSPS) is 13.7. The van der Waals surface area contributed by atoms with Crippen molar-refractivity contribution in [3.05, 3.63) is 71.3 Å². The first-order valence-electron chi connectivity index (χ1n) is 9.68. The van der Waals surface area contributed by atoms with Gasteiger partial charge in [0, 0.05) is 36.8 Å². The molecule has 3 rings (SSSR count). The monoisotopic (exact) mass is 392 g/mol. The van der Waals surface area contributed by atoms with Crippen LogP contribution in [0.5, 0.6) is 0 Å². The summed E-state index contributed by atoms with van der Waals surface area (Å²) in [6.07, 6.45) is 4.57. The van der Waals surface area contributed by atoms with E-state index in [4.69, 9.17) is 4.74 Å². The van der Waals surface area contributed by atoms with Gasteiger partial charge in [0.05, 0.1) is 6.61 Å². The number of nitrogens with zero attached hydrogens (tertiary/aromatic N) is 1. The van der Waals surface area contributed by atoms with E-state index in [-0.39, 0.29) is 17.8 Å². The minimum Gasteiger partial charge on any atom is -0.463 e. The maximum atomic E-state index is 12.4. The molecule has 0 bridgehead atoms. The smallest absolute Gasteiger partial charge is 0.330 e. The Balaban J connectivity index is 1.55. The number of carbonyl (C=O) groups is 3. The van der Waals surface area contributed by atoms with Crippen LogP contribution in [-0.2, 0) is 20.9 Å². The molecule has 1 fully saturated rings. The Kier molecular flexibility index (Phi) is 6.79. The predicted octanol–water partition coefficient (Wildman–Crippen LogP) is 3.64. The molecule has 0 radical (unpaired) electrons. The van der Waals surface area contributed by atoms with Crippen molar-refractivity contribution in [2.75, 3.05) is 18.5 Å². The molecule has 0 aliphatic carbocycles. The van der Waals surface area contributed by atoms with Crippen LogP contribution in [-0.4, -0.2) is 35.8 Å². The van der Waals surface area contributed by atoms with Crippen molar-refractivity contribution in [3.8, 4) is 0 Å². The van der Waals surface area contributed by atoms with Crippen LogP contribution in [0.3, 0.4) is 0 Å². The fraction of sp³-hybridized carbons (Fsp3) is 0.261. The minimum atomic E-state index is -0.387. The first kappa shape index (κ1) is 20.3. The average Bonchev–Trinajstić information content (AvgIpc) is 3.12. The summed E-state index contributed by atoms with van der Waals surface area (Å²) >= 11 is 0. The zero-order valence-corrected chi connectivity index (χ0v) is 16.4. The number of carbonyl (C=O) groups excluding carboxylic acids is 3. The number of hydrogen-bond acceptors (Lipinski definition) is 4. The maximum Gasteiger partial charge on any atom is 0.330 e. The molecule has 1 N–H and O–H groups in total. The summed E-state index contributed by atoms with van der Waals surface area (Å²) in [5.41, 5.74) is 3.05. The van der Waals surface area contributed by atoms with Gasteiger partial charge >= 0.3 is 5.97 Å². The molecule has 0 aromatic heterocycles. The Morgan fingerprint density at radius 1 is 1.10 bits per heavy atom. The lowest BCUT2D eigenvalue weighted by molar-refractivity contribution is -0.137. The quantitative estimate of drug-likeness (QED) is 0.577. The van der Waals surface area contributed by atoms with Crippen molar-refractivity contribution >= 4 is 29.5 Å². The molecule has 1 aliphatic heterocycles. The standard InChI is InChI=1S/C23H24N2O4/c1-2-29-22(27)14-9-17-7-12-20(13-8-17)24-23(28)19-10-5-18(6-11-19)16-25-15-3-4-21(25)26/h5-14H,2-4,15-16H2,1H3,(H,24,28)/b14-9+. The molecule has 29 heavy (non-hydrogen) atoms. The molecule has 0 saturated carbocycles. The second kappa shape index (κ2) is 9.68. The molecule has 0 spiro atoms. The first-order chi connectivity index (χ1) is 14.0. The van der Waals surface area contributed by atoms with Crippen molar-refractivity contribution in [2.24, 2.45) is 0 Å². The van der Waals surface area contributed by atoms with Gasteiger partial charge in [0.25, 0.3) is 5.91 Å². The van der Waals surface area contributed by atoms with E-state index in [0.717, 1.165) is 24.1 Å². The minimum absolute atomic E-state index is 0.187. The third-order valence-corrected chi connectivity index (χ3v) is 4.63. The second-order valence-electron chi connectivity index (χ2n) is 6.78. The third-order valence-electron chi connectivity index (χ3n) is 4.63. The van der Waals surface area contributed by atoms with Crippen molar-refractivity contribution < 1.29 is 19.1 Å². The van der Waals surface area contributed by atoms with Crippen molar-refractivity contribution in [2.45, 2.75) is 26.3 Å². The Morgan fingerprint density at radius 2 is 1.83 bits per heavy atom. The van der Waals surface area contributed by atoms with Gasteiger partial charge in [-0.05, 0) is 54.8 Å². The zero-order valence-electron chi connectivity index (χ0n) is 16.4. The van der Waals surface area contributed by atoms with Gasteiger partial charge in [-0.25, -0.2) is 4.79 Å². The van der Waals surface area contributed by atoms with Gasteiger partial charge in [-0.1, -0.05) is 24.3 Å². The Bertz CT molecular complexity index is 901. The largest absolute Gasteiger partial charge is 0.463 e. The van der Waals surface area contributed by atoms with Crippen LogP contribution in [0.2, 0.25) is 0 Å². The van der Waals surface area contributed by atoms with Crippen LogP contribution in [0, 0.1) is 0 Å². The first-order valence-corrected chi connectivity index (χ1v) is 9.68. The number of nitrogens with one attached hydrogen (secondary N) is 1. The number of esters is 1. The van der Waals surface area contributed by atoms with Crippen LogP contribution in [0.15, 0.2) is 54.6 Å². The Labute approximate surface area is 170 Å². The van der Waals surface area contributed by atoms with Crippen LogP contribution in [0.25, 0.3) is 6.08 Å². The fourth-order valence-corrected chi connectivity index (χ4v) is 3.09. The van der Waals surface area contributed by atoms with Crippen LogP contribution in [0.1, 0.15) is 41.3 Å². The molecule has 150 valence electrons. The van der Waals surface area contributed by atoms with Gasteiger partial charge in [-0.15, -0.1) is 0 Å². The highest BCUT2D eigenvalue weighted by molar-refractivity contribution is 6.04. The predicted molar refractivity (Wildman–Crippen MR) is 111 cm³/mol. The van der Waals surface area contributed by atoms with E-state index in [0.29, 0.717) is 30.8 Å². The van der Waals surface area contributed by atoms with Crippen LogP contribution in [0.4, 0.5) is 5.69 Å². The van der Waals surface area contributed by atoms with E-state index in [2.05, 4.69) is 5.32 Å². The van der Waals surface area contributed by atoms with Crippen molar-refractivity contribution in [1.29, 1.82) is 0 Å². The topological polar surface area (TPSA) is 75.7 Å². The molecule has 0 atom stereocenters. The summed E-state index contributed by atoms with van der Waals surface area (Å²) in [4.78, 5) is 37.3. The molecular weight excluding hydrogens is 368 g/mol. The highest BCUT2D eigenvalue weighted by Crippen LogP contribution is 2.16. The summed E-state index contributed by atoms with van der Waals surface area (Å²) in [5.74, 6) is -0.404. The van der Waals surface area contributed by atoms with E-state index in [9.17, 15) is 14.4 Å². The van der Waals surface area contributed by atoms with Crippen LogP contribution >= 0.6 is 0 Å². The highest BCUT2D eigenvalue weighted by atomic mass is 16.5. The molecule has 6 heteroatoms. The van der Waals surface area contributed by atoms with E-state index < -0.39 is 0 Å². The maximum absolute atomic E-state index is 12.4. The number of ether oxygens (including phenoxy) is 1. The van der Waals surface area contributed by atoms with Gasteiger partial charge < -0.3 is 15.0 Å². The van der Waals surface area contributed by atoms with Crippen molar-refractivity contribution in [3.63, 3.8) is 0 Å². The number of amides is 2. The van der Waals surface area contributed by atoms with Gasteiger partial charge in [-0.3, -0.25) is 9.59 Å². The van der Waals surface area contributed by atoms with E-state index in [1.165, 1.54) is 6.08 Å². The highest BCUT2D eigenvalue weighted by Gasteiger charge is 2.20. The zero-order chi connectivity index (χ0) is 20.6. The lowest BCUT2D eigenvalue weighted by atomic mass is 10.1. The summed E-state index contributed by atoms with van der Waals surface area (Å²) in [6, 6.07) is 14.5. The summed E-state index contributed by atoms with van der Waals surface area (Å²) in [6.45, 7) is 3.48. The van der Waals surface area contributed by atoms with E-state index in [1.807, 2.05) is 29.2 Å². The molecule has 1 heterocycles. The number of anilines is 1. The van der Waals surface area contributed by atoms with E-state index in [1.54, 1.807) is 37.3 Å². The van der Waals surface area contributed by atoms with Gasteiger partial charge in [-0.2, -0.15) is 0 Å². The molecule has 1 aliphatic rings. The number of benzene rings is 2. The van der Waals surface area contributed by atoms with Gasteiger partial charge in [0.1, 0.15) is 0 Å². The van der Waals surface area contributed by atoms with Crippen LogP contribution < -0.4 is 5.32 Å². The molecule has 6 nitrogen and oxygen atoms in total. The Hall–Kier alpha value is -3.41. The lowest BCUT2D eigenvalue weighted by Crippen LogP contribution is -2.23. The van der Waals surface area contributed by atoms with Gasteiger partial charge in [0.2, 0.25) is 5.91 Å². The SMILES string of the molecule is CCOC(=O)/C=C/c1ccc(NC(=O)c2ccc(CN3CCCC3=O)cc2)cc1. The van der Waals surface area contributed by atoms with Gasteiger partial charge in [0.15, 0.2) is 0 Å². The Morgan fingerprint density at radius 3 is 2.45 bits per heavy atom. The summed E-state index contributed by atoms with van der Waals surface area (Å²) in [7, 11) is 0. The molecule has 1 saturated heterocycles.